The standard InChI is InChI=1S/C19H25NO3/c1-5-14(10-13-6-8-15(21-2)9-7-13)16-11-18(22-3)19(23-4)12-17(16)20/h6-9,11-12,14H,5,10,20H2,1-4H3. The third-order valence-corrected chi connectivity index (χ3v) is 4.16. The van der Waals surface area contributed by atoms with Crippen molar-refractivity contribution in [2.45, 2.75) is 25.7 Å². The largest absolute Gasteiger partial charge is 0.497 e. The number of anilines is 1. The topological polar surface area (TPSA) is 53.7 Å². The lowest BCUT2D eigenvalue weighted by Gasteiger charge is -2.20. The third-order valence-electron chi connectivity index (χ3n) is 4.16. The summed E-state index contributed by atoms with van der Waals surface area (Å²) in [6, 6.07) is 12.0. The normalized spacial score (nSPS) is 11.8. The zero-order chi connectivity index (χ0) is 16.8. The van der Waals surface area contributed by atoms with Crippen LogP contribution in [0, 0.1) is 0 Å². The molecule has 4 heteroatoms. The zero-order valence-corrected chi connectivity index (χ0v) is 14.3. The van der Waals surface area contributed by atoms with Crippen molar-refractivity contribution < 1.29 is 14.2 Å². The summed E-state index contributed by atoms with van der Waals surface area (Å²) in [5.41, 5.74) is 9.33. The Kier molecular flexibility index (Phi) is 5.74. The van der Waals surface area contributed by atoms with Gasteiger partial charge in [-0.15, -0.1) is 0 Å². The van der Waals surface area contributed by atoms with Crippen LogP contribution in [0.25, 0.3) is 0 Å². The summed E-state index contributed by atoms with van der Waals surface area (Å²) in [6.07, 6.45) is 1.91. The van der Waals surface area contributed by atoms with Crippen molar-refractivity contribution in [1.82, 2.24) is 0 Å². The van der Waals surface area contributed by atoms with Gasteiger partial charge in [-0.2, -0.15) is 0 Å². The van der Waals surface area contributed by atoms with Crippen molar-refractivity contribution in [2.75, 3.05) is 27.1 Å². The van der Waals surface area contributed by atoms with Crippen LogP contribution >= 0.6 is 0 Å². The fraction of sp³-hybridized carbons (Fsp3) is 0.368. The van der Waals surface area contributed by atoms with Crippen LogP contribution < -0.4 is 19.9 Å². The highest BCUT2D eigenvalue weighted by Crippen LogP contribution is 2.37. The van der Waals surface area contributed by atoms with Gasteiger partial charge in [-0.1, -0.05) is 19.1 Å². The molecule has 0 radical (unpaired) electrons. The molecule has 124 valence electrons. The van der Waals surface area contributed by atoms with Crippen LogP contribution in [0.5, 0.6) is 17.2 Å². The predicted octanol–water partition coefficient (Wildman–Crippen LogP) is 4.03. The molecule has 4 nitrogen and oxygen atoms in total. The second-order valence-electron chi connectivity index (χ2n) is 5.49. The first kappa shape index (κ1) is 17.0. The molecule has 2 rings (SSSR count). The van der Waals surface area contributed by atoms with Crippen LogP contribution in [-0.2, 0) is 6.42 Å². The highest BCUT2D eigenvalue weighted by Gasteiger charge is 2.17. The minimum Gasteiger partial charge on any atom is -0.497 e. The number of nitrogen functional groups attached to an aromatic ring is 1. The second-order valence-corrected chi connectivity index (χ2v) is 5.49. The molecule has 0 fully saturated rings. The van der Waals surface area contributed by atoms with E-state index in [4.69, 9.17) is 19.9 Å². The van der Waals surface area contributed by atoms with Gasteiger partial charge in [0.1, 0.15) is 5.75 Å². The lowest BCUT2D eigenvalue weighted by molar-refractivity contribution is 0.354. The molecular weight excluding hydrogens is 290 g/mol. The van der Waals surface area contributed by atoms with Crippen LogP contribution in [-0.4, -0.2) is 21.3 Å². The zero-order valence-electron chi connectivity index (χ0n) is 14.3. The number of ether oxygens (including phenoxy) is 3. The van der Waals surface area contributed by atoms with Gasteiger partial charge in [0, 0.05) is 11.8 Å². The third kappa shape index (κ3) is 3.89. The highest BCUT2D eigenvalue weighted by atomic mass is 16.5. The maximum atomic E-state index is 6.24. The fourth-order valence-corrected chi connectivity index (χ4v) is 2.78. The number of nitrogens with two attached hydrogens (primary N) is 1. The summed E-state index contributed by atoms with van der Waals surface area (Å²) in [7, 11) is 4.93. The molecule has 0 aromatic heterocycles. The summed E-state index contributed by atoms with van der Waals surface area (Å²) in [4.78, 5) is 0. The first-order chi connectivity index (χ1) is 11.1. The van der Waals surface area contributed by atoms with Gasteiger partial charge in [-0.05, 0) is 48.1 Å². The minimum atomic E-state index is 0.322. The van der Waals surface area contributed by atoms with E-state index in [1.165, 1.54) is 5.56 Å². The number of benzene rings is 2. The maximum Gasteiger partial charge on any atom is 0.162 e. The van der Waals surface area contributed by atoms with E-state index in [1.54, 1.807) is 21.3 Å². The number of methoxy groups -OCH3 is 3. The molecule has 23 heavy (non-hydrogen) atoms. The molecule has 2 aromatic carbocycles. The monoisotopic (exact) mass is 315 g/mol. The molecule has 0 heterocycles. The van der Waals surface area contributed by atoms with E-state index in [0.717, 1.165) is 29.8 Å². The number of hydrogen-bond acceptors (Lipinski definition) is 4. The van der Waals surface area contributed by atoms with Crippen molar-refractivity contribution >= 4 is 5.69 Å². The Labute approximate surface area is 138 Å². The highest BCUT2D eigenvalue weighted by molar-refractivity contribution is 5.59. The van der Waals surface area contributed by atoms with Crippen molar-refractivity contribution in [3.05, 3.63) is 47.5 Å². The van der Waals surface area contributed by atoms with Crippen molar-refractivity contribution in [3.63, 3.8) is 0 Å². The molecule has 0 aliphatic carbocycles. The van der Waals surface area contributed by atoms with Crippen molar-refractivity contribution in [3.8, 4) is 17.2 Å². The summed E-state index contributed by atoms with van der Waals surface area (Å²) in [6.45, 7) is 2.17. The molecule has 1 atom stereocenters. The van der Waals surface area contributed by atoms with Crippen molar-refractivity contribution in [2.24, 2.45) is 0 Å². The smallest absolute Gasteiger partial charge is 0.162 e. The average molecular weight is 315 g/mol. The van der Waals surface area contributed by atoms with E-state index in [1.807, 2.05) is 24.3 Å². The van der Waals surface area contributed by atoms with Crippen molar-refractivity contribution in [1.29, 1.82) is 0 Å². The van der Waals surface area contributed by atoms with Crippen LogP contribution in [0.2, 0.25) is 0 Å². The van der Waals surface area contributed by atoms with Crippen LogP contribution in [0.1, 0.15) is 30.4 Å². The van der Waals surface area contributed by atoms with Gasteiger partial charge in [-0.3, -0.25) is 0 Å². The van der Waals surface area contributed by atoms with Gasteiger partial charge in [0.2, 0.25) is 0 Å². The van der Waals surface area contributed by atoms with E-state index in [-0.39, 0.29) is 0 Å². The van der Waals surface area contributed by atoms with Crippen LogP contribution in [0.15, 0.2) is 36.4 Å². The Bertz CT molecular complexity index is 638. The fourth-order valence-electron chi connectivity index (χ4n) is 2.78. The summed E-state index contributed by atoms with van der Waals surface area (Å²) < 4.78 is 15.9. The lowest BCUT2D eigenvalue weighted by atomic mass is 9.88. The molecule has 1 unspecified atom stereocenters. The average Bonchev–Trinajstić information content (AvgIpc) is 2.60. The minimum absolute atomic E-state index is 0.322. The molecule has 0 aliphatic heterocycles. The number of hydrogen-bond donors (Lipinski definition) is 1. The first-order valence-corrected chi connectivity index (χ1v) is 7.77. The van der Waals surface area contributed by atoms with Gasteiger partial charge in [0.15, 0.2) is 11.5 Å². The number of rotatable bonds is 7. The Morgan fingerprint density at radius 1 is 0.913 bits per heavy atom. The molecule has 2 aromatic rings. The molecule has 0 amide bonds. The molecular formula is C19H25NO3. The molecule has 0 aliphatic rings. The van der Waals surface area contributed by atoms with Gasteiger partial charge in [0.05, 0.1) is 21.3 Å². The van der Waals surface area contributed by atoms with Gasteiger partial charge in [0.25, 0.3) is 0 Å². The molecule has 0 saturated carbocycles. The van der Waals surface area contributed by atoms with Gasteiger partial charge < -0.3 is 19.9 Å². The lowest BCUT2D eigenvalue weighted by Crippen LogP contribution is -2.07. The summed E-state index contributed by atoms with van der Waals surface area (Å²) in [5.74, 6) is 2.56. The predicted molar refractivity (Wildman–Crippen MR) is 93.7 cm³/mol. The van der Waals surface area contributed by atoms with E-state index in [9.17, 15) is 0 Å². The van der Waals surface area contributed by atoms with E-state index >= 15 is 0 Å². The molecule has 0 saturated heterocycles. The van der Waals surface area contributed by atoms with Gasteiger partial charge in [-0.25, -0.2) is 0 Å². The maximum absolute atomic E-state index is 6.24. The second kappa shape index (κ2) is 7.77. The Balaban J connectivity index is 2.29. The first-order valence-electron chi connectivity index (χ1n) is 7.77. The molecule has 2 N–H and O–H groups in total. The SMILES string of the molecule is CCC(Cc1ccc(OC)cc1)c1cc(OC)c(OC)cc1N. The summed E-state index contributed by atoms with van der Waals surface area (Å²) in [5, 5.41) is 0. The van der Waals surface area contributed by atoms with E-state index in [0.29, 0.717) is 17.4 Å². The van der Waals surface area contributed by atoms with Gasteiger partial charge >= 0.3 is 0 Å². The Morgan fingerprint density at radius 2 is 1.52 bits per heavy atom. The van der Waals surface area contributed by atoms with Crippen LogP contribution in [0.4, 0.5) is 5.69 Å². The summed E-state index contributed by atoms with van der Waals surface area (Å²) >= 11 is 0. The van der Waals surface area contributed by atoms with E-state index < -0.39 is 0 Å². The van der Waals surface area contributed by atoms with E-state index in [2.05, 4.69) is 19.1 Å². The quantitative estimate of drug-likeness (QED) is 0.784. The Morgan fingerprint density at radius 3 is 2.04 bits per heavy atom. The van der Waals surface area contributed by atoms with Crippen LogP contribution in [0.3, 0.4) is 0 Å². The Hall–Kier alpha value is -2.36. The molecule has 0 bridgehead atoms. The molecule has 0 spiro atoms.